The second-order valence-electron chi connectivity index (χ2n) is 2.88. The van der Waals surface area contributed by atoms with E-state index in [4.69, 9.17) is 20.7 Å². The molecule has 1 heterocycles. The van der Waals surface area contributed by atoms with Gasteiger partial charge in [0.05, 0.1) is 5.39 Å². The summed E-state index contributed by atoms with van der Waals surface area (Å²) in [5.41, 5.74) is 12.3. The zero-order chi connectivity index (χ0) is 9.97. The van der Waals surface area contributed by atoms with Crippen molar-refractivity contribution in [2.75, 3.05) is 18.9 Å². The smallest absolute Gasteiger partial charge is 0.262 e. The van der Waals surface area contributed by atoms with Crippen molar-refractivity contribution in [1.29, 1.82) is 0 Å². The van der Waals surface area contributed by atoms with Gasteiger partial charge in [0, 0.05) is 12.2 Å². The maximum absolute atomic E-state index is 5.63. The topological polar surface area (TPSA) is 87.3 Å². The maximum Gasteiger partial charge on any atom is 0.262 e. The Balaban J connectivity index is 0.00000112. The van der Waals surface area contributed by atoms with E-state index in [9.17, 15) is 0 Å². The van der Waals surface area contributed by atoms with Gasteiger partial charge in [-0.1, -0.05) is 0 Å². The lowest BCUT2D eigenvalue weighted by Crippen LogP contribution is -2.10. The van der Waals surface area contributed by atoms with Crippen molar-refractivity contribution in [2.24, 2.45) is 5.73 Å². The van der Waals surface area contributed by atoms with Crippen molar-refractivity contribution in [3.8, 4) is 5.88 Å². The number of hydrogen-bond donors (Lipinski definition) is 2. The van der Waals surface area contributed by atoms with Gasteiger partial charge in [-0.3, -0.25) is 0 Å². The van der Waals surface area contributed by atoms with Gasteiger partial charge in [-0.25, -0.2) is 0 Å². The van der Waals surface area contributed by atoms with Gasteiger partial charge in [0.1, 0.15) is 6.61 Å². The Morgan fingerprint density at radius 2 is 2.06 bits per heavy atom. The van der Waals surface area contributed by atoms with Gasteiger partial charge >= 0.3 is 0 Å². The minimum Gasteiger partial charge on any atom is -0.474 e. The molecule has 2 aromatic rings. The van der Waals surface area contributed by atoms with Gasteiger partial charge in [-0.15, -0.1) is 24.8 Å². The van der Waals surface area contributed by atoms with Crippen LogP contribution < -0.4 is 16.2 Å². The van der Waals surface area contributed by atoms with Crippen LogP contribution in [0.25, 0.3) is 11.0 Å². The zero-order valence-electron chi connectivity index (χ0n) is 8.38. The summed E-state index contributed by atoms with van der Waals surface area (Å²) in [6, 6.07) is 5.27. The van der Waals surface area contributed by atoms with Crippen LogP contribution in [-0.4, -0.2) is 18.3 Å². The first-order valence-electron chi connectivity index (χ1n) is 4.29. The SMILES string of the molecule is Cl.Cl.NCCOc1noc2ccc(N)cc12. The van der Waals surface area contributed by atoms with Crippen molar-refractivity contribution in [3.05, 3.63) is 18.2 Å². The fourth-order valence-electron chi connectivity index (χ4n) is 1.19. The molecule has 0 unspecified atom stereocenters. The standard InChI is InChI=1S/C9H11N3O2.2ClH/c10-3-4-13-9-7-5-6(11)1-2-8(7)14-12-9;;/h1-2,5H,3-4,10-11H2;2*1H. The first-order valence-corrected chi connectivity index (χ1v) is 4.29. The van der Waals surface area contributed by atoms with Gasteiger partial charge in [-0.05, 0) is 23.4 Å². The molecule has 0 atom stereocenters. The van der Waals surface area contributed by atoms with Crippen LogP contribution in [-0.2, 0) is 0 Å². The van der Waals surface area contributed by atoms with E-state index in [1.807, 2.05) is 0 Å². The van der Waals surface area contributed by atoms with Gasteiger partial charge < -0.3 is 20.7 Å². The highest BCUT2D eigenvalue weighted by Gasteiger charge is 2.08. The molecule has 16 heavy (non-hydrogen) atoms. The van der Waals surface area contributed by atoms with Crippen molar-refractivity contribution in [1.82, 2.24) is 5.16 Å². The number of nitrogens with zero attached hydrogens (tertiary/aromatic N) is 1. The molecule has 0 saturated carbocycles. The zero-order valence-corrected chi connectivity index (χ0v) is 10.0. The number of nitrogen functional groups attached to an aromatic ring is 1. The number of fused-ring (bicyclic) bond motifs is 1. The number of rotatable bonds is 3. The molecule has 0 amide bonds. The maximum atomic E-state index is 5.63. The fraction of sp³-hybridized carbons (Fsp3) is 0.222. The van der Waals surface area contributed by atoms with E-state index < -0.39 is 0 Å². The number of benzene rings is 1. The summed E-state index contributed by atoms with van der Waals surface area (Å²) in [6.45, 7) is 0.854. The molecular formula is C9H13Cl2N3O2. The van der Waals surface area contributed by atoms with E-state index in [-0.39, 0.29) is 24.8 Å². The molecule has 4 N–H and O–H groups in total. The summed E-state index contributed by atoms with van der Waals surface area (Å²) in [6.07, 6.45) is 0. The van der Waals surface area contributed by atoms with E-state index in [2.05, 4.69) is 5.16 Å². The monoisotopic (exact) mass is 265 g/mol. The first kappa shape index (κ1) is 14.8. The molecule has 2 rings (SSSR count). The lowest BCUT2D eigenvalue weighted by Gasteiger charge is -1.98. The molecule has 1 aromatic heterocycles. The third kappa shape index (κ3) is 2.91. The van der Waals surface area contributed by atoms with Crippen molar-refractivity contribution < 1.29 is 9.26 Å². The Morgan fingerprint density at radius 1 is 1.31 bits per heavy atom. The Morgan fingerprint density at radius 3 is 2.75 bits per heavy atom. The molecule has 0 radical (unpaired) electrons. The quantitative estimate of drug-likeness (QED) is 0.824. The van der Waals surface area contributed by atoms with Crippen LogP contribution >= 0.6 is 24.8 Å². The third-order valence-electron chi connectivity index (χ3n) is 1.82. The highest BCUT2D eigenvalue weighted by atomic mass is 35.5. The van der Waals surface area contributed by atoms with E-state index in [1.54, 1.807) is 18.2 Å². The van der Waals surface area contributed by atoms with Crippen molar-refractivity contribution in [3.63, 3.8) is 0 Å². The highest BCUT2D eigenvalue weighted by molar-refractivity contribution is 5.86. The normalized spacial score (nSPS) is 9.31. The number of hydrogen-bond acceptors (Lipinski definition) is 5. The van der Waals surface area contributed by atoms with Crippen LogP contribution in [0.1, 0.15) is 0 Å². The summed E-state index contributed by atoms with van der Waals surface area (Å²) >= 11 is 0. The van der Waals surface area contributed by atoms with Crippen molar-refractivity contribution in [2.45, 2.75) is 0 Å². The predicted octanol–water partition coefficient (Wildman–Crippen LogP) is 1.59. The minimum absolute atomic E-state index is 0. The molecular weight excluding hydrogens is 253 g/mol. The van der Waals surface area contributed by atoms with Crippen LogP contribution in [0.5, 0.6) is 5.88 Å². The van der Waals surface area contributed by atoms with Gasteiger partial charge in [0.25, 0.3) is 5.88 Å². The third-order valence-corrected chi connectivity index (χ3v) is 1.82. The van der Waals surface area contributed by atoms with Crippen LogP contribution in [0.2, 0.25) is 0 Å². The minimum atomic E-state index is 0. The molecule has 0 fully saturated rings. The second-order valence-corrected chi connectivity index (χ2v) is 2.88. The van der Waals surface area contributed by atoms with E-state index in [1.165, 1.54) is 0 Å². The Labute approximate surface area is 105 Å². The lowest BCUT2D eigenvalue weighted by atomic mass is 10.2. The van der Waals surface area contributed by atoms with Crippen LogP contribution in [0, 0.1) is 0 Å². The molecule has 90 valence electrons. The molecule has 7 heteroatoms. The number of halogens is 2. The van der Waals surface area contributed by atoms with Gasteiger partial charge in [0.2, 0.25) is 0 Å². The lowest BCUT2D eigenvalue weighted by molar-refractivity contribution is 0.293. The number of anilines is 1. The second kappa shape index (κ2) is 6.42. The summed E-state index contributed by atoms with van der Waals surface area (Å²) < 4.78 is 10.3. The van der Waals surface area contributed by atoms with E-state index >= 15 is 0 Å². The van der Waals surface area contributed by atoms with E-state index in [0.29, 0.717) is 30.3 Å². The molecule has 0 saturated heterocycles. The average Bonchev–Trinajstić information content (AvgIpc) is 2.57. The molecule has 0 aliphatic rings. The Hall–Kier alpha value is -1.17. The summed E-state index contributed by atoms with van der Waals surface area (Å²) in [5.74, 6) is 0.442. The van der Waals surface area contributed by atoms with Gasteiger partial charge in [-0.2, -0.15) is 0 Å². The molecule has 1 aromatic carbocycles. The largest absolute Gasteiger partial charge is 0.474 e. The number of ether oxygens (including phenoxy) is 1. The average molecular weight is 266 g/mol. The van der Waals surface area contributed by atoms with E-state index in [0.717, 1.165) is 5.39 Å². The number of aromatic nitrogens is 1. The van der Waals surface area contributed by atoms with Crippen molar-refractivity contribution >= 4 is 41.5 Å². The van der Waals surface area contributed by atoms with Crippen LogP contribution in [0.15, 0.2) is 22.7 Å². The molecule has 0 aliphatic carbocycles. The van der Waals surface area contributed by atoms with Crippen LogP contribution in [0.3, 0.4) is 0 Å². The van der Waals surface area contributed by atoms with Gasteiger partial charge in [0.15, 0.2) is 5.58 Å². The number of nitrogens with two attached hydrogens (primary N) is 2. The summed E-state index contributed by atoms with van der Waals surface area (Å²) in [5, 5.41) is 4.54. The molecule has 0 spiro atoms. The van der Waals surface area contributed by atoms with Crippen LogP contribution in [0.4, 0.5) is 5.69 Å². The predicted molar refractivity (Wildman–Crippen MR) is 67.5 cm³/mol. The highest BCUT2D eigenvalue weighted by Crippen LogP contribution is 2.26. The first-order chi connectivity index (χ1) is 6.81. The molecule has 0 aliphatic heterocycles. The fourth-order valence-corrected chi connectivity index (χ4v) is 1.19. The summed E-state index contributed by atoms with van der Waals surface area (Å²) in [4.78, 5) is 0. The molecule has 5 nitrogen and oxygen atoms in total. The Kier molecular flexibility index (Phi) is 5.95. The summed E-state index contributed by atoms with van der Waals surface area (Å²) in [7, 11) is 0. The Bertz CT molecular complexity index is 447. The molecule has 0 bridgehead atoms.